The van der Waals surface area contributed by atoms with E-state index in [0.29, 0.717) is 0 Å². The average molecular weight is 233 g/mol. The Balaban J connectivity index is 2.27. The van der Waals surface area contributed by atoms with E-state index in [4.69, 9.17) is 5.11 Å². The van der Waals surface area contributed by atoms with Crippen molar-refractivity contribution in [2.45, 2.75) is 12.5 Å². The predicted octanol–water partition coefficient (Wildman–Crippen LogP) is 2.31. The molecule has 0 saturated heterocycles. The highest BCUT2D eigenvalue weighted by atomic mass is 19.2. The molecule has 2 aromatic rings. The van der Waals surface area contributed by atoms with Gasteiger partial charge < -0.3 is 5.11 Å². The number of halogens is 1. The topological polar surface area (TPSA) is 49.3 Å². The summed E-state index contributed by atoms with van der Waals surface area (Å²) in [5.74, 6) is -1.19. The van der Waals surface area contributed by atoms with Gasteiger partial charge in [-0.15, -0.1) is 10.0 Å². The summed E-state index contributed by atoms with van der Waals surface area (Å²) in [5, 5.41) is 10.8. The Hall–Kier alpha value is -1.94. The number of hydrogen-bond acceptors (Lipinski definition) is 2. The molecule has 3 nitrogen and oxygen atoms in total. The molecule has 0 bridgehead atoms. The van der Waals surface area contributed by atoms with Crippen molar-refractivity contribution in [1.82, 2.24) is 5.54 Å². The summed E-state index contributed by atoms with van der Waals surface area (Å²) in [6.45, 7) is 0. The van der Waals surface area contributed by atoms with Crippen molar-refractivity contribution in [3.8, 4) is 0 Å². The first-order chi connectivity index (χ1) is 8.20. The van der Waals surface area contributed by atoms with Crippen LogP contribution in [0, 0.1) is 0 Å². The molecule has 0 amide bonds. The second-order valence-corrected chi connectivity index (χ2v) is 3.89. The third-order valence-electron chi connectivity index (χ3n) is 2.68. The maximum Gasteiger partial charge on any atom is 0.323 e. The van der Waals surface area contributed by atoms with Crippen LogP contribution in [0.1, 0.15) is 5.56 Å². The first-order valence-electron chi connectivity index (χ1n) is 5.27. The van der Waals surface area contributed by atoms with Gasteiger partial charge in [-0.1, -0.05) is 42.5 Å². The number of carbonyl (C=O) groups is 1. The lowest BCUT2D eigenvalue weighted by Gasteiger charge is -2.09. The standard InChI is InChI=1S/C13H12FNO2/c14-15-12(13(16)17)8-9-5-6-10-3-1-2-4-11(10)7-9/h1-7,12,15H,8H2,(H,16,17)/t12-/m0/s1. The lowest BCUT2D eigenvalue weighted by Crippen LogP contribution is -2.33. The van der Waals surface area contributed by atoms with E-state index in [9.17, 15) is 9.28 Å². The van der Waals surface area contributed by atoms with Gasteiger partial charge in [0, 0.05) is 6.42 Å². The molecule has 0 unspecified atom stereocenters. The molecule has 0 fully saturated rings. The lowest BCUT2D eigenvalue weighted by molar-refractivity contribution is -0.140. The Labute approximate surface area is 97.8 Å². The van der Waals surface area contributed by atoms with Crippen LogP contribution >= 0.6 is 0 Å². The van der Waals surface area contributed by atoms with Gasteiger partial charge in [0.1, 0.15) is 6.04 Å². The zero-order valence-corrected chi connectivity index (χ0v) is 9.06. The van der Waals surface area contributed by atoms with E-state index in [-0.39, 0.29) is 6.42 Å². The first-order valence-corrected chi connectivity index (χ1v) is 5.27. The average Bonchev–Trinajstić information content (AvgIpc) is 2.35. The highest BCUT2D eigenvalue weighted by molar-refractivity contribution is 5.83. The van der Waals surface area contributed by atoms with Crippen molar-refractivity contribution < 1.29 is 14.4 Å². The molecule has 88 valence electrons. The summed E-state index contributed by atoms with van der Waals surface area (Å²) in [6, 6.07) is 12.2. The molecule has 17 heavy (non-hydrogen) atoms. The molecule has 0 radical (unpaired) electrons. The van der Waals surface area contributed by atoms with Gasteiger partial charge in [-0.05, 0) is 16.3 Å². The van der Waals surface area contributed by atoms with Crippen LogP contribution in [0.15, 0.2) is 42.5 Å². The number of carboxylic acid groups (broad SMARTS) is 1. The van der Waals surface area contributed by atoms with E-state index in [1.165, 1.54) is 5.54 Å². The Kier molecular flexibility index (Phi) is 3.35. The summed E-state index contributed by atoms with van der Waals surface area (Å²) in [7, 11) is 0. The quantitative estimate of drug-likeness (QED) is 0.797. The Bertz CT molecular complexity index is 542. The Morgan fingerprint density at radius 3 is 2.59 bits per heavy atom. The van der Waals surface area contributed by atoms with Gasteiger partial charge in [-0.2, -0.15) is 0 Å². The maximum absolute atomic E-state index is 12.3. The summed E-state index contributed by atoms with van der Waals surface area (Å²) < 4.78 is 12.3. The molecular formula is C13H12FNO2. The Morgan fingerprint density at radius 2 is 1.94 bits per heavy atom. The number of hydrogen-bond donors (Lipinski definition) is 2. The molecule has 2 rings (SSSR count). The number of aliphatic carboxylic acids is 1. The van der Waals surface area contributed by atoms with Crippen LogP contribution in [-0.4, -0.2) is 17.1 Å². The van der Waals surface area contributed by atoms with E-state index in [2.05, 4.69) is 0 Å². The van der Waals surface area contributed by atoms with Gasteiger partial charge >= 0.3 is 5.97 Å². The number of benzene rings is 2. The van der Waals surface area contributed by atoms with Gasteiger partial charge in [0.2, 0.25) is 0 Å². The van der Waals surface area contributed by atoms with Crippen LogP contribution in [0.2, 0.25) is 0 Å². The monoisotopic (exact) mass is 233 g/mol. The van der Waals surface area contributed by atoms with Crippen LogP contribution in [0.5, 0.6) is 0 Å². The second kappa shape index (κ2) is 4.93. The number of nitrogens with one attached hydrogen (secondary N) is 1. The molecule has 0 spiro atoms. The van der Waals surface area contributed by atoms with Gasteiger partial charge in [0.05, 0.1) is 0 Å². The molecular weight excluding hydrogens is 221 g/mol. The molecule has 0 aliphatic carbocycles. The molecule has 0 aromatic heterocycles. The lowest BCUT2D eigenvalue weighted by atomic mass is 10.0. The SMILES string of the molecule is O=C(O)[C@H](Cc1ccc2ccccc2c1)NF. The number of rotatable bonds is 4. The third-order valence-corrected chi connectivity index (χ3v) is 2.68. The van der Waals surface area contributed by atoms with E-state index in [1.807, 2.05) is 42.5 Å². The molecule has 0 saturated carbocycles. The minimum Gasteiger partial charge on any atom is -0.480 e. The van der Waals surface area contributed by atoms with Crippen molar-refractivity contribution >= 4 is 16.7 Å². The number of carboxylic acids is 1. The van der Waals surface area contributed by atoms with Crippen molar-refractivity contribution in [1.29, 1.82) is 0 Å². The molecule has 0 aliphatic rings. The fourth-order valence-electron chi connectivity index (χ4n) is 1.77. The van der Waals surface area contributed by atoms with Gasteiger partial charge in [0.15, 0.2) is 0 Å². The molecule has 0 aliphatic heterocycles. The van der Waals surface area contributed by atoms with Gasteiger partial charge in [0.25, 0.3) is 0 Å². The van der Waals surface area contributed by atoms with Crippen molar-refractivity contribution in [2.24, 2.45) is 0 Å². The van der Waals surface area contributed by atoms with Gasteiger partial charge in [-0.25, -0.2) is 0 Å². The normalized spacial score (nSPS) is 12.5. The highest BCUT2D eigenvalue weighted by Crippen LogP contribution is 2.16. The molecule has 2 N–H and O–H groups in total. The van der Waals surface area contributed by atoms with E-state index in [0.717, 1.165) is 16.3 Å². The van der Waals surface area contributed by atoms with Crippen molar-refractivity contribution in [3.05, 3.63) is 48.0 Å². The Morgan fingerprint density at radius 1 is 1.24 bits per heavy atom. The minimum absolute atomic E-state index is 0.122. The van der Waals surface area contributed by atoms with Crippen LogP contribution in [0.25, 0.3) is 10.8 Å². The molecule has 4 heteroatoms. The van der Waals surface area contributed by atoms with Crippen LogP contribution in [-0.2, 0) is 11.2 Å². The molecule has 1 atom stereocenters. The second-order valence-electron chi connectivity index (χ2n) is 3.89. The smallest absolute Gasteiger partial charge is 0.323 e. The fourth-order valence-corrected chi connectivity index (χ4v) is 1.77. The zero-order chi connectivity index (χ0) is 12.3. The van der Waals surface area contributed by atoms with Crippen LogP contribution in [0.4, 0.5) is 4.48 Å². The summed E-state index contributed by atoms with van der Waals surface area (Å²) >= 11 is 0. The largest absolute Gasteiger partial charge is 0.480 e. The van der Waals surface area contributed by atoms with E-state index in [1.54, 1.807) is 0 Å². The van der Waals surface area contributed by atoms with Crippen molar-refractivity contribution in [2.75, 3.05) is 0 Å². The summed E-state index contributed by atoms with van der Waals surface area (Å²) in [6.07, 6.45) is 0.122. The minimum atomic E-state index is -1.20. The number of fused-ring (bicyclic) bond motifs is 1. The molecule has 0 heterocycles. The van der Waals surface area contributed by atoms with Gasteiger partial charge in [-0.3, -0.25) is 4.79 Å². The summed E-state index contributed by atoms with van der Waals surface area (Å²) in [4.78, 5) is 10.7. The van der Waals surface area contributed by atoms with Crippen molar-refractivity contribution in [3.63, 3.8) is 0 Å². The predicted molar refractivity (Wildman–Crippen MR) is 63.3 cm³/mol. The van der Waals surface area contributed by atoms with E-state index >= 15 is 0 Å². The highest BCUT2D eigenvalue weighted by Gasteiger charge is 2.17. The fraction of sp³-hybridized carbons (Fsp3) is 0.154. The molecule has 2 aromatic carbocycles. The van der Waals surface area contributed by atoms with Crippen LogP contribution in [0.3, 0.4) is 0 Å². The zero-order valence-electron chi connectivity index (χ0n) is 9.06. The third kappa shape index (κ3) is 2.60. The first kappa shape index (κ1) is 11.5. The maximum atomic E-state index is 12.3. The summed E-state index contributed by atoms with van der Waals surface area (Å²) in [5.41, 5.74) is 2.09. The van der Waals surface area contributed by atoms with E-state index < -0.39 is 12.0 Å². The van der Waals surface area contributed by atoms with Crippen LogP contribution < -0.4 is 5.54 Å².